The first-order chi connectivity index (χ1) is 8.11. The van der Waals surface area contributed by atoms with Crippen LogP contribution in [0.3, 0.4) is 0 Å². The first-order valence-electron chi connectivity index (χ1n) is 6.32. The maximum atomic E-state index is 4.40. The molecule has 0 bridgehead atoms. The van der Waals surface area contributed by atoms with Crippen LogP contribution in [0.4, 0.5) is 0 Å². The average molecular weight is 255 g/mol. The van der Waals surface area contributed by atoms with Gasteiger partial charge in [-0.15, -0.1) is 0 Å². The first kappa shape index (κ1) is 14.6. The van der Waals surface area contributed by atoms with E-state index in [0.717, 1.165) is 12.4 Å². The predicted octanol–water partition coefficient (Wildman–Crippen LogP) is 2.77. The molecule has 1 aromatic heterocycles. The Labute approximate surface area is 109 Å². The summed E-state index contributed by atoms with van der Waals surface area (Å²) in [5.41, 5.74) is 1.30. The van der Waals surface area contributed by atoms with Crippen LogP contribution in [0.2, 0.25) is 0 Å². The van der Waals surface area contributed by atoms with Crippen LogP contribution < -0.4 is 5.32 Å². The van der Waals surface area contributed by atoms with E-state index < -0.39 is 0 Å². The number of hydrogen-bond acceptors (Lipinski definition) is 3. The normalized spacial score (nSPS) is 14.9. The Kier molecular flexibility index (Phi) is 6.06. The fourth-order valence-corrected chi connectivity index (χ4v) is 2.78. The van der Waals surface area contributed by atoms with Gasteiger partial charge < -0.3 is 9.88 Å². The van der Waals surface area contributed by atoms with Crippen molar-refractivity contribution in [1.29, 1.82) is 0 Å². The Balaban J connectivity index is 2.85. The monoisotopic (exact) mass is 255 g/mol. The van der Waals surface area contributed by atoms with Crippen molar-refractivity contribution in [3.8, 4) is 0 Å². The summed E-state index contributed by atoms with van der Waals surface area (Å²) < 4.78 is 2.20. The maximum absolute atomic E-state index is 4.40. The summed E-state index contributed by atoms with van der Waals surface area (Å²) in [6, 6.07) is 0.411. The lowest BCUT2D eigenvalue weighted by molar-refractivity contribution is 0.400. The Morgan fingerprint density at radius 3 is 2.71 bits per heavy atom. The van der Waals surface area contributed by atoms with Gasteiger partial charge in [0, 0.05) is 7.05 Å². The number of nitrogens with one attached hydrogen (secondary N) is 1. The molecule has 1 rings (SSSR count). The van der Waals surface area contributed by atoms with Crippen LogP contribution in [0.25, 0.3) is 0 Å². The largest absolute Gasteiger partial charge is 0.334 e. The van der Waals surface area contributed by atoms with Crippen LogP contribution in [-0.2, 0) is 7.05 Å². The molecule has 3 nitrogen and oxygen atoms in total. The highest BCUT2D eigenvalue weighted by molar-refractivity contribution is 7.98. The SMILES string of the molecule is CCCNC(c1cnc(C)n1C)C(C)CSC. The third-order valence-electron chi connectivity index (χ3n) is 3.19. The Bertz CT molecular complexity index is 335. The highest BCUT2D eigenvalue weighted by Crippen LogP contribution is 2.24. The molecular weight excluding hydrogens is 230 g/mol. The van der Waals surface area contributed by atoms with E-state index in [2.05, 4.69) is 48.9 Å². The van der Waals surface area contributed by atoms with Gasteiger partial charge in [-0.25, -0.2) is 4.98 Å². The molecule has 98 valence electrons. The van der Waals surface area contributed by atoms with Crippen molar-refractivity contribution >= 4 is 11.8 Å². The molecule has 0 amide bonds. The van der Waals surface area contributed by atoms with Crippen molar-refractivity contribution in [3.63, 3.8) is 0 Å². The quantitative estimate of drug-likeness (QED) is 0.812. The van der Waals surface area contributed by atoms with E-state index >= 15 is 0 Å². The molecule has 2 atom stereocenters. The second kappa shape index (κ2) is 7.07. The van der Waals surface area contributed by atoms with Gasteiger partial charge in [0.1, 0.15) is 5.82 Å². The van der Waals surface area contributed by atoms with Crippen molar-refractivity contribution in [2.75, 3.05) is 18.6 Å². The zero-order valence-electron chi connectivity index (χ0n) is 11.7. The van der Waals surface area contributed by atoms with Crippen LogP contribution in [0, 0.1) is 12.8 Å². The molecule has 1 aromatic rings. The van der Waals surface area contributed by atoms with Crippen LogP contribution >= 0.6 is 11.8 Å². The molecule has 0 aliphatic heterocycles. The fraction of sp³-hybridized carbons (Fsp3) is 0.769. The van der Waals surface area contributed by atoms with E-state index in [4.69, 9.17) is 0 Å². The molecule has 0 saturated heterocycles. The van der Waals surface area contributed by atoms with Crippen molar-refractivity contribution in [2.45, 2.75) is 33.2 Å². The van der Waals surface area contributed by atoms with Crippen molar-refractivity contribution in [2.24, 2.45) is 13.0 Å². The molecule has 17 heavy (non-hydrogen) atoms. The number of nitrogens with zero attached hydrogens (tertiary/aromatic N) is 2. The van der Waals surface area contributed by atoms with Gasteiger partial charge in [-0.05, 0) is 37.8 Å². The molecule has 0 saturated carbocycles. The zero-order chi connectivity index (χ0) is 12.8. The molecule has 0 aliphatic rings. The minimum Gasteiger partial charge on any atom is -0.334 e. The average Bonchev–Trinajstić information content (AvgIpc) is 2.62. The van der Waals surface area contributed by atoms with Crippen LogP contribution in [-0.4, -0.2) is 28.1 Å². The van der Waals surface area contributed by atoms with Gasteiger partial charge in [0.15, 0.2) is 0 Å². The van der Waals surface area contributed by atoms with E-state index in [1.807, 2.05) is 18.0 Å². The molecule has 0 fully saturated rings. The van der Waals surface area contributed by atoms with Gasteiger partial charge in [0.25, 0.3) is 0 Å². The number of aryl methyl sites for hydroxylation is 1. The summed E-state index contributed by atoms with van der Waals surface area (Å²) >= 11 is 1.91. The topological polar surface area (TPSA) is 29.9 Å². The van der Waals surface area contributed by atoms with E-state index in [9.17, 15) is 0 Å². The van der Waals surface area contributed by atoms with Gasteiger partial charge in [0.2, 0.25) is 0 Å². The Morgan fingerprint density at radius 2 is 2.24 bits per heavy atom. The van der Waals surface area contributed by atoms with Crippen molar-refractivity contribution in [1.82, 2.24) is 14.9 Å². The van der Waals surface area contributed by atoms with Crippen LogP contribution in [0.1, 0.15) is 37.8 Å². The highest BCUT2D eigenvalue weighted by Gasteiger charge is 2.21. The van der Waals surface area contributed by atoms with Gasteiger partial charge in [-0.2, -0.15) is 11.8 Å². The number of imidazole rings is 1. The molecule has 0 spiro atoms. The first-order valence-corrected chi connectivity index (χ1v) is 7.71. The zero-order valence-corrected chi connectivity index (χ0v) is 12.5. The van der Waals surface area contributed by atoms with Gasteiger partial charge in [-0.3, -0.25) is 0 Å². The smallest absolute Gasteiger partial charge is 0.105 e. The van der Waals surface area contributed by atoms with Crippen molar-refractivity contribution < 1.29 is 0 Å². The number of rotatable bonds is 7. The highest BCUT2D eigenvalue weighted by atomic mass is 32.2. The summed E-state index contributed by atoms with van der Waals surface area (Å²) in [5.74, 6) is 2.87. The molecule has 1 N–H and O–H groups in total. The second-order valence-electron chi connectivity index (χ2n) is 4.65. The number of hydrogen-bond donors (Lipinski definition) is 1. The van der Waals surface area contributed by atoms with E-state index in [-0.39, 0.29) is 0 Å². The Hall–Kier alpha value is -0.480. The summed E-state index contributed by atoms with van der Waals surface area (Å²) in [6.07, 6.45) is 5.35. The summed E-state index contributed by atoms with van der Waals surface area (Å²) in [5, 5.41) is 3.65. The Morgan fingerprint density at radius 1 is 1.53 bits per heavy atom. The minimum atomic E-state index is 0.411. The predicted molar refractivity (Wildman–Crippen MR) is 76.5 cm³/mol. The van der Waals surface area contributed by atoms with E-state index in [1.54, 1.807) is 0 Å². The summed E-state index contributed by atoms with van der Waals surface area (Å²) in [4.78, 5) is 4.40. The third-order valence-corrected chi connectivity index (χ3v) is 4.05. The lowest BCUT2D eigenvalue weighted by Crippen LogP contribution is -2.30. The fourth-order valence-electron chi connectivity index (χ4n) is 2.06. The number of thioether (sulfide) groups is 1. The lowest BCUT2D eigenvalue weighted by Gasteiger charge is -2.25. The van der Waals surface area contributed by atoms with Gasteiger partial charge >= 0.3 is 0 Å². The van der Waals surface area contributed by atoms with Gasteiger partial charge in [-0.1, -0.05) is 13.8 Å². The molecule has 2 unspecified atom stereocenters. The molecular formula is C13H25N3S. The molecule has 0 aromatic carbocycles. The molecule has 0 radical (unpaired) electrons. The van der Waals surface area contributed by atoms with Crippen LogP contribution in [0.15, 0.2) is 6.20 Å². The molecule has 1 heterocycles. The van der Waals surface area contributed by atoms with Gasteiger partial charge in [0.05, 0.1) is 17.9 Å². The second-order valence-corrected chi connectivity index (χ2v) is 5.56. The van der Waals surface area contributed by atoms with E-state index in [1.165, 1.54) is 17.9 Å². The number of aromatic nitrogens is 2. The molecule has 4 heteroatoms. The summed E-state index contributed by atoms with van der Waals surface area (Å²) in [6.45, 7) is 7.64. The minimum absolute atomic E-state index is 0.411. The standard InChI is InChI=1S/C13H25N3S/c1-6-7-14-13(10(2)9-17-5)12-8-15-11(3)16(12)4/h8,10,13-14H,6-7,9H2,1-5H3. The van der Waals surface area contributed by atoms with Crippen LogP contribution in [0.5, 0.6) is 0 Å². The van der Waals surface area contributed by atoms with Crippen molar-refractivity contribution in [3.05, 3.63) is 17.7 Å². The molecule has 0 aliphatic carbocycles. The summed E-state index contributed by atoms with van der Waals surface area (Å²) in [7, 11) is 2.10. The lowest BCUT2D eigenvalue weighted by atomic mass is 10.0. The third kappa shape index (κ3) is 3.75. The maximum Gasteiger partial charge on any atom is 0.105 e. The van der Waals surface area contributed by atoms with E-state index in [0.29, 0.717) is 12.0 Å².